The molecule has 78 valence electrons. The number of nitrogens with two attached hydrogens (primary N) is 1. The number of rotatable bonds is 3. The van der Waals surface area contributed by atoms with E-state index in [1.165, 1.54) is 13.1 Å². The van der Waals surface area contributed by atoms with Crippen LogP contribution in [-0.2, 0) is 10.0 Å². The van der Waals surface area contributed by atoms with Crippen molar-refractivity contribution in [2.75, 3.05) is 12.5 Å². The number of nitrogen functional groups attached to an aromatic ring is 1. The summed E-state index contributed by atoms with van der Waals surface area (Å²) in [6.07, 6.45) is 0. The third-order valence-corrected chi connectivity index (χ3v) is 3.47. The van der Waals surface area contributed by atoms with Gasteiger partial charge in [-0.2, -0.15) is 0 Å². The molecular weight excluding hydrogens is 202 g/mol. The molecule has 0 unspecified atom stereocenters. The van der Waals surface area contributed by atoms with E-state index in [9.17, 15) is 8.42 Å². The zero-order chi connectivity index (χ0) is 10.8. The fourth-order valence-electron chi connectivity index (χ4n) is 1.09. The second-order valence-electron chi connectivity index (χ2n) is 2.83. The van der Waals surface area contributed by atoms with E-state index in [1.807, 2.05) is 0 Å². The predicted molar refractivity (Wildman–Crippen MR) is 55.2 cm³/mol. The summed E-state index contributed by atoms with van der Waals surface area (Å²) in [5.74, 6) is 5.19. The van der Waals surface area contributed by atoms with Gasteiger partial charge < -0.3 is 5.43 Å². The molecule has 0 amide bonds. The highest BCUT2D eigenvalue weighted by Crippen LogP contribution is 2.18. The van der Waals surface area contributed by atoms with Crippen LogP contribution in [0.2, 0.25) is 0 Å². The van der Waals surface area contributed by atoms with E-state index in [0.717, 1.165) is 0 Å². The minimum atomic E-state index is -3.41. The van der Waals surface area contributed by atoms with Gasteiger partial charge in [-0.15, -0.1) is 0 Å². The lowest BCUT2D eigenvalue weighted by atomic mass is 10.2. The zero-order valence-corrected chi connectivity index (χ0v) is 8.85. The van der Waals surface area contributed by atoms with Crippen LogP contribution in [0.5, 0.6) is 0 Å². The molecular formula is C8H13N3O2S. The first kappa shape index (κ1) is 11.0. The van der Waals surface area contributed by atoms with Crippen molar-refractivity contribution in [3.63, 3.8) is 0 Å². The van der Waals surface area contributed by atoms with E-state index >= 15 is 0 Å². The maximum absolute atomic E-state index is 11.5. The fourth-order valence-corrected chi connectivity index (χ4v) is 2.08. The number of sulfonamides is 1. The van der Waals surface area contributed by atoms with Crippen LogP contribution in [0.15, 0.2) is 23.1 Å². The first-order valence-corrected chi connectivity index (χ1v) is 5.50. The summed E-state index contributed by atoms with van der Waals surface area (Å²) >= 11 is 0. The highest BCUT2D eigenvalue weighted by Gasteiger charge is 2.14. The lowest BCUT2D eigenvalue weighted by Crippen LogP contribution is -2.20. The third-order valence-electron chi connectivity index (χ3n) is 1.91. The molecule has 0 heterocycles. The third kappa shape index (κ3) is 2.03. The van der Waals surface area contributed by atoms with Gasteiger partial charge in [0.25, 0.3) is 0 Å². The van der Waals surface area contributed by atoms with Crippen LogP contribution in [0.1, 0.15) is 5.56 Å². The molecule has 0 saturated carbocycles. The smallest absolute Gasteiger partial charge is 0.240 e. The van der Waals surface area contributed by atoms with Gasteiger partial charge in [0.1, 0.15) is 0 Å². The normalized spacial score (nSPS) is 11.4. The second-order valence-corrected chi connectivity index (χ2v) is 4.69. The molecule has 1 aromatic rings. The fraction of sp³-hybridized carbons (Fsp3) is 0.250. The van der Waals surface area contributed by atoms with Crippen LogP contribution < -0.4 is 16.0 Å². The monoisotopic (exact) mass is 215 g/mol. The van der Waals surface area contributed by atoms with Crippen LogP contribution in [0.25, 0.3) is 0 Å². The molecule has 0 aromatic heterocycles. The molecule has 0 fully saturated rings. The SMILES string of the molecule is CNS(=O)(=O)c1cc(NN)ccc1C. The number of nitrogens with one attached hydrogen (secondary N) is 2. The molecule has 4 N–H and O–H groups in total. The first-order valence-electron chi connectivity index (χ1n) is 4.02. The maximum atomic E-state index is 11.5. The van der Waals surface area contributed by atoms with Gasteiger partial charge in [-0.1, -0.05) is 6.07 Å². The van der Waals surface area contributed by atoms with Gasteiger partial charge in [0, 0.05) is 5.69 Å². The quantitative estimate of drug-likeness (QED) is 0.496. The van der Waals surface area contributed by atoms with E-state index in [-0.39, 0.29) is 4.90 Å². The van der Waals surface area contributed by atoms with Gasteiger partial charge in [-0.05, 0) is 31.7 Å². The number of benzene rings is 1. The molecule has 5 nitrogen and oxygen atoms in total. The Kier molecular flexibility index (Phi) is 3.10. The standard InChI is InChI=1S/C8H13N3O2S/c1-6-3-4-7(11-9)5-8(6)14(12,13)10-2/h3-5,10-11H,9H2,1-2H3. The molecule has 6 heteroatoms. The predicted octanol–water partition coefficient (Wildman–Crippen LogP) is 0.189. The number of anilines is 1. The summed E-state index contributed by atoms with van der Waals surface area (Å²) < 4.78 is 25.3. The molecule has 0 atom stereocenters. The average Bonchev–Trinajstić information content (AvgIpc) is 2.18. The number of hydrazine groups is 1. The van der Waals surface area contributed by atoms with Gasteiger partial charge in [0.15, 0.2) is 0 Å². The van der Waals surface area contributed by atoms with Crippen LogP contribution in [0.4, 0.5) is 5.69 Å². The Bertz CT molecular complexity index is 428. The second kappa shape index (κ2) is 3.95. The molecule has 1 aromatic carbocycles. The van der Waals surface area contributed by atoms with Crippen molar-refractivity contribution in [3.8, 4) is 0 Å². The molecule has 0 aliphatic carbocycles. The Morgan fingerprint density at radius 2 is 2.00 bits per heavy atom. The van der Waals surface area contributed by atoms with Gasteiger partial charge in [-0.3, -0.25) is 5.84 Å². The zero-order valence-electron chi connectivity index (χ0n) is 8.03. The first-order chi connectivity index (χ1) is 6.51. The molecule has 0 bridgehead atoms. The Hall–Kier alpha value is -1.11. The van der Waals surface area contributed by atoms with Gasteiger partial charge in [0.2, 0.25) is 10.0 Å². The van der Waals surface area contributed by atoms with E-state index < -0.39 is 10.0 Å². The van der Waals surface area contributed by atoms with Crippen molar-refractivity contribution in [2.24, 2.45) is 5.84 Å². The lowest BCUT2D eigenvalue weighted by molar-refractivity contribution is 0.587. The van der Waals surface area contributed by atoms with Gasteiger partial charge in [-0.25, -0.2) is 13.1 Å². The minimum Gasteiger partial charge on any atom is -0.324 e. The molecule has 0 spiro atoms. The average molecular weight is 215 g/mol. The Labute approximate surface area is 83.3 Å². The number of hydrogen-bond acceptors (Lipinski definition) is 4. The van der Waals surface area contributed by atoms with Crippen LogP contribution >= 0.6 is 0 Å². The highest BCUT2D eigenvalue weighted by molar-refractivity contribution is 7.89. The van der Waals surface area contributed by atoms with E-state index in [2.05, 4.69) is 10.1 Å². The summed E-state index contributed by atoms with van der Waals surface area (Å²) in [6, 6.07) is 4.89. The summed E-state index contributed by atoms with van der Waals surface area (Å²) in [5.41, 5.74) is 3.64. The van der Waals surface area contributed by atoms with Crippen molar-refractivity contribution in [1.29, 1.82) is 0 Å². The lowest BCUT2D eigenvalue weighted by Gasteiger charge is -2.08. The summed E-state index contributed by atoms with van der Waals surface area (Å²) in [6.45, 7) is 1.73. The molecule has 1 rings (SSSR count). The molecule has 0 radical (unpaired) electrons. The van der Waals surface area contributed by atoms with Crippen LogP contribution in [-0.4, -0.2) is 15.5 Å². The van der Waals surface area contributed by atoms with Gasteiger partial charge in [0.05, 0.1) is 4.90 Å². The van der Waals surface area contributed by atoms with Crippen molar-refractivity contribution in [3.05, 3.63) is 23.8 Å². The molecule has 0 saturated heterocycles. The topological polar surface area (TPSA) is 84.2 Å². The van der Waals surface area contributed by atoms with Crippen molar-refractivity contribution < 1.29 is 8.42 Å². The van der Waals surface area contributed by atoms with Crippen LogP contribution in [0, 0.1) is 6.92 Å². The number of hydrogen-bond donors (Lipinski definition) is 3. The Balaban J connectivity index is 3.33. The van der Waals surface area contributed by atoms with E-state index in [0.29, 0.717) is 11.3 Å². The summed E-state index contributed by atoms with van der Waals surface area (Å²) in [7, 11) is -2.03. The molecule has 14 heavy (non-hydrogen) atoms. The Morgan fingerprint density at radius 1 is 1.36 bits per heavy atom. The Morgan fingerprint density at radius 3 is 2.50 bits per heavy atom. The van der Waals surface area contributed by atoms with E-state index in [4.69, 9.17) is 5.84 Å². The summed E-state index contributed by atoms with van der Waals surface area (Å²) in [4.78, 5) is 0.232. The number of aryl methyl sites for hydroxylation is 1. The van der Waals surface area contributed by atoms with Crippen LogP contribution in [0.3, 0.4) is 0 Å². The van der Waals surface area contributed by atoms with E-state index in [1.54, 1.807) is 19.1 Å². The largest absolute Gasteiger partial charge is 0.324 e. The van der Waals surface area contributed by atoms with Crippen molar-refractivity contribution >= 4 is 15.7 Å². The summed E-state index contributed by atoms with van der Waals surface area (Å²) in [5, 5.41) is 0. The highest BCUT2D eigenvalue weighted by atomic mass is 32.2. The molecule has 0 aliphatic heterocycles. The van der Waals surface area contributed by atoms with Crippen molar-refractivity contribution in [1.82, 2.24) is 4.72 Å². The van der Waals surface area contributed by atoms with Gasteiger partial charge >= 0.3 is 0 Å². The maximum Gasteiger partial charge on any atom is 0.240 e. The molecule has 0 aliphatic rings. The minimum absolute atomic E-state index is 0.232. The van der Waals surface area contributed by atoms with Crippen molar-refractivity contribution in [2.45, 2.75) is 11.8 Å².